The molecule has 0 fully saturated rings. The SMILES string of the molecule is C[C@@H](NC(=O)[C@@H]1Cc2ccccc2CN1)C(=O)Nc1ccc2c(c1)OCCO2. The fourth-order valence-corrected chi connectivity index (χ4v) is 3.39. The Bertz CT molecular complexity index is 899. The average Bonchev–Trinajstić information content (AvgIpc) is 2.73. The molecule has 146 valence electrons. The van der Waals surface area contributed by atoms with Crippen molar-refractivity contribution in [2.45, 2.75) is 32.0 Å². The number of carbonyl (C=O) groups is 2. The second-order valence-corrected chi connectivity index (χ2v) is 6.98. The molecule has 0 aromatic heterocycles. The Balaban J connectivity index is 1.34. The van der Waals surface area contributed by atoms with Gasteiger partial charge in [0.1, 0.15) is 19.3 Å². The monoisotopic (exact) mass is 381 g/mol. The molecule has 2 aromatic carbocycles. The summed E-state index contributed by atoms with van der Waals surface area (Å²) in [6, 6.07) is 12.3. The van der Waals surface area contributed by atoms with Crippen molar-refractivity contribution in [3.8, 4) is 11.5 Å². The third kappa shape index (κ3) is 3.94. The highest BCUT2D eigenvalue weighted by Crippen LogP contribution is 2.32. The number of fused-ring (bicyclic) bond motifs is 2. The van der Waals surface area contributed by atoms with E-state index in [0.717, 1.165) is 5.56 Å². The van der Waals surface area contributed by atoms with E-state index in [2.05, 4.69) is 22.0 Å². The molecule has 0 aliphatic carbocycles. The first kappa shape index (κ1) is 18.3. The number of nitrogens with one attached hydrogen (secondary N) is 3. The first-order valence-electron chi connectivity index (χ1n) is 9.41. The Hall–Kier alpha value is -3.06. The molecule has 2 amide bonds. The fraction of sp³-hybridized carbons (Fsp3) is 0.333. The second-order valence-electron chi connectivity index (χ2n) is 6.98. The topological polar surface area (TPSA) is 88.7 Å². The zero-order valence-electron chi connectivity index (χ0n) is 15.7. The molecule has 2 heterocycles. The van der Waals surface area contributed by atoms with Crippen molar-refractivity contribution >= 4 is 17.5 Å². The van der Waals surface area contributed by atoms with Crippen LogP contribution in [0.3, 0.4) is 0 Å². The van der Waals surface area contributed by atoms with Crippen molar-refractivity contribution in [3.63, 3.8) is 0 Å². The molecular formula is C21H23N3O4. The van der Waals surface area contributed by atoms with Crippen LogP contribution in [0.4, 0.5) is 5.69 Å². The second kappa shape index (κ2) is 7.90. The predicted molar refractivity (Wildman–Crippen MR) is 104 cm³/mol. The Morgan fingerprint density at radius 2 is 1.82 bits per heavy atom. The zero-order valence-corrected chi connectivity index (χ0v) is 15.7. The van der Waals surface area contributed by atoms with E-state index in [-0.39, 0.29) is 17.9 Å². The van der Waals surface area contributed by atoms with Crippen LogP contribution < -0.4 is 25.4 Å². The van der Waals surface area contributed by atoms with Gasteiger partial charge in [-0.15, -0.1) is 0 Å². The van der Waals surface area contributed by atoms with Crippen LogP contribution in [0.1, 0.15) is 18.1 Å². The number of ether oxygens (including phenoxy) is 2. The maximum atomic E-state index is 12.6. The summed E-state index contributed by atoms with van der Waals surface area (Å²) in [5, 5.41) is 8.83. The quantitative estimate of drug-likeness (QED) is 0.749. The molecule has 28 heavy (non-hydrogen) atoms. The van der Waals surface area contributed by atoms with Gasteiger partial charge in [0.15, 0.2) is 11.5 Å². The summed E-state index contributed by atoms with van der Waals surface area (Å²) in [4.78, 5) is 25.1. The normalized spacial score (nSPS) is 18.5. The minimum atomic E-state index is -0.667. The smallest absolute Gasteiger partial charge is 0.246 e. The molecule has 7 nitrogen and oxygen atoms in total. The number of hydrogen-bond donors (Lipinski definition) is 3. The number of benzene rings is 2. The molecule has 7 heteroatoms. The van der Waals surface area contributed by atoms with Gasteiger partial charge >= 0.3 is 0 Å². The lowest BCUT2D eigenvalue weighted by Gasteiger charge is -2.26. The van der Waals surface area contributed by atoms with Crippen LogP contribution in [-0.4, -0.2) is 37.1 Å². The number of carbonyl (C=O) groups excluding carboxylic acids is 2. The maximum absolute atomic E-state index is 12.6. The lowest BCUT2D eigenvalue weighted by atomic mass is 9.95. The minimum absolute atomic E-state index is 0.181. The van der Waals surface area contributed by atoms with Gasteiger partial charge < -0.3 is 25.4 Å². The van der Waals surface area contributed by atoms with E-state index < -0.39 is 6.04 Å². The van der Waals surface area contributed by atoms with Crippen LogP contribution in [-0.2, 0) is 22.6 Å². The van der Waals surface area contributed by atoms with Crippen molar-refractivity contribution in [3.05, 3.63) is 53.6 Å². The molecule has 0 saturated carbocycles. The van der Waals surface area contributed by atoms with Crippen LogP contribution in [0.25, 0.3) is 0 Å². The average molecular weight is 381 g/mol. The van der Waals surface area contributed by atoms with Crippen molar-refractivity contribution in [1.29, 1.82) is 0 Å². The van der Waals surface area contributed by atoms with Crippen molar-refractivity contribution in [2.24, 2.45) is 0 Å². The van der Waals surface area contributed by atoms with E-state index in [4.69, 9.17) is 9.47 Å². The molecule has 3 N–H and O–H groups in total. The first-order chi connectivity index (χ1) is 13.6. The highest BCUT2D eigenvalue weighted by atomic mass is 16.6. The van der Waals surface area contributed by atoms with Crippen molar-refractivity contribution in [1.82, 2.24) is 10.6 Å². The van der Waals surface area contributed by atoms with E-state index in [1.165, 1.54) is 5.56 Å². The summed E-state index contributed by atoms with van der Waals surface area (Å²) in [7, 11) is 0. The fourth-order valence-electron chi connectivity index (χ4n) is 3.39. The summed E-state index contributed by atoms with van der Waals surface area (Å²) in [5.41, 5.74) is 2.96. The number of amides is 2. The maximum Gasteiger partial charge on any atom is 0.246 e. The third-order valence-corrected chi connectivity index (χ3v) is 4.96. The highest BCUT2D eigenvalue weighted by molar-refractivity contribution is 5.97. The number of rotatable bonds is 4. The Labute approximate surface area is 163 Å². The van der Waals surface area contributed by atoms with Gasteiger partial charge in [-0.1, -0.05) is 24.3 Å². The Kier molecular flexibility index (Phi) is 5.16. The van der Waals surface area contributed by atoms with Crippen molar-refractivity contribution < 1.29 is 19.1 Å². The molecule has 0 bridgehead atoms. The summed E-state index contributed by atoms with van der Waals surface area (Å²) in [6.45, 7) is 3.31. The zero-order chi connectivity index (χ0) is 19.5. The van der Waals surface area contributed by atoms with Gasteiger partial charge in [-0.25, -0.2) is 0 Å². The molecular weight excluding hydrogens is 358 g/mol. The molecule has 2 atom stereocenters. The van der Waals surface area contributed by atoms with Gasteiger partial charge in [0, 0.05) is 18.3 Å². The lowest BCUT2D eigenvalue weighted by molar-refractivity contribution is -0.127. The van der Waals surface area contributed by atoms with Gasteiger partial charge in [-0.3, -0.25) is 9.59 Å². The molecule has 2 aromatic rings. The van der Waals surface area contributed by atoms with E-state index in [1.807, 2.05) is 18.2 Å². The summed E-state index contributed by atoms with van der Waals surface area (Å²) >= 11 is 0. The van der Waals surface area contributed by atoms with E-state index >= 15 is 0 Å². The summed E-state index contributed by atoms with van der Waals surface area (Å²) in [6.07, 6.45) is 0.610. The van der Waals surface area contributed by atoms with Crippen LogP contribution >= 0.6 is 0 Å². The van der Waals surface area contributed by atoms with Crippen LogP contribution in [0.15, 0.2) is 42.5 Å². The number of anilines is 1. The molecule has 0 unspecified atom stereocenters. The Morgan fingerprint density at radius 1 is 1.07 bits per heavy atom. The van der Waals surface area contributed by atoms with Gasteiger partial charge in [0.25, 0.3) is 0 Å². The molecule has 0 radical (unpaired) electrons. The van der Waals surface area contributed by atoms with E-state index in [9.17, 15) is 9.59 Å². The van der Waals surface area contributed by atoms with Crippen LogP contribution in [0.5, 0.6) is 11.5 Å². The summed E-state index contributed by atoms with van der Waals surface area (Å²) in [5.74, 6) is 0.792. The molecule has 0 saturated heterocycles. The number of hydrogen-bond acceptors (Lipinski definition) is 5. The lowest BCUT2D eigenvalue weighted by Crippen LogP contribution is -2.52. The van der Waals surface area contributed by atoms with Gasteiger partial charge in [-0.2, -0.15) is 0 Å². The van der Waals surface area contributed by atoms with Crippen molar-refractivity contribution in [2.75, 3.05) is 18.5 Å². The van der Waals surface area contributed by atoms with Gasteiger partial charge in [-0.05, 0) is 36.6 Å². The minimum Gasteiger partial charge on any atom is -0.486 e. The predicted octanol–water partition coefficient (Wildman–Crippen LogP) is 1.62. The third-order valence-electron chi connectivity index (χ3n) is 4.96. The van der Waals surface area contributed by atoms with Gasteiger partial charge in [0.05, 0.1) is 6.04 Å². The van der Waals surface area contributed by atoms with E-state index in [1.54, 1.807) is 25.1 Å². The standard InChI is InChI=1S/C21H23N3O4/c1-13(20(25)24-16-6-7-18-19(11-16)28-9-8-27-18)23-21(26)17-10-14-4-2-3-5-15(14)12-22-17/h2-7,11,13,17,22H,8-10,12H2,1H3,(H,23,26)(H,24,25)/t13-,17+/m1/s1. The molecule has 2 aliphatic heterocycles. The first-order valence-corrected chi connectivity index (χ1v) is 9.41. The molecule has 4 rings (SSSR count). The molecule has 2 aliphatic rings. The largest absolute Gasteiger partial charge is 0.486 e. The van der Waals surface area contributed by atoms with Crippen LogP contribution in [0.2, 0.25) is 0 Å². The summed E-state index contributed by atoms with van der Waals surface area (Å²) < 4.78 is 11.0. The Morgan fingerprint density at radius 3 is 2.64 bits per heavy atom. The highest BCUT2D eigenvalue weighted by Gasteiger charge is 2.26. The van der Waals surface area contributed by atoms with Crippen LogP contribution in [0, 0.1) is 0 Å². The van der Waals surface area contributed by atoms with E-state index in [0.29, 0.717) is 43.4 Å². The molecule has 0 spiro atoms. The van der Waals surface area contributed by atoms with Gasteiger partial charge in [0.2, 0.25) is 11.8 Å².